The van der Waals surface area contributed by atoms with Gasteiger partial charge in [-0.1, -0.05) is 35.6 Å². The predicted molar refractivity (Wildman–Crippen MR) is 116 cm³/mol. The number of aromatic nitrogens is 1. The summed E-state index contributed by atoms with van der Waals surface area (Å²) in [4.78, 5) is 19.8. The Morgan fingerprint density at radius 1 is 1.13 bits per heavy atom. The number of hydrogen-bond acceptors (Lipinski definition) is 6. The number of carbonyl (C=O) groups excluding carboxylic acids is 1. The first-order valence-electron chi connectivity index (χ1n) is 9.58. The number of ether oxygens (including phenoxy) is 1. The van der Waals surface area contributed by atoms with Crippen molar-refractivity contribution < 1.29 is 18.4 Å². The highest BCUT2D eigenvalue weighted by atomic mass is 32.1. The van der Waals surface area contributed by atoms with Crippen molar-refractivity contribution in [3.8, 4) is 5.75 Å². The number of hydrogen-bond donors (Lipinski definition) is 0. The van der Waals surface area contributed by atoms with E-state index in [0.29, 0.717) is 28.8 Å². The van der Waals surface area contributed by atoms with Gasteiger partial charge in [0.25, 0.3) is 5.91 Å². The highest BCUT2D eigenvalue weighted by Crippen LogP contribution is 2.36. The number of nitrogens with zero attached hydrogens (tertiary/aromatic N) is 2. The van der Waals surface area contributed by atoms with Crippen LogP contribution in [0, 0.1) is 0 Å². The smallest absolute Gasteiger partial charge is 0.296 e. The monoisotopic (exact) mass is 418 g/mol. The molecule has 0 saturated carbocycles. The van der Waals surface area contributed by atoms with E-state index in [-0.39, 0.29) is 18.2 Å². The third-order valence-corrected chi connectivity index (χ3v) is 5.72. The number of amides is 1. The first kappa shape index (κ1) is 18.4. The summed E-state index contributed by atoms with van der Waals surface area (Å²) >= 11 is 1.43. The SMILES string of the molecule is CCOc1cccc2sc(N(Cc3ccco3)C(=O)c3cc4ccccc4o3)nc12. The molecule has 150 valence electrons. The number of furan rings is 2. The van der Waals surface area contributed by atoms with Gasteiger partial charge >= 0.3 is 0 Å². The number of carbonyl (C=O) groups is 1. The van der Waals surface area contributed by atoms with Crippen LogP contribution in [0.3, 0.4) is 0 Å². The van der Waals surface area contributed by atoms with Crippen molar-refractivity contribution in [1.82, 2.24) is 4.98 Å². The Morgan fingerprint density at radius 3 is 2.83 bits per heavy atom. The van der Waals surface area contributed by atoms with Gasteiger partial charge in [0.2, 0.25) is 0 Å². The number of benzene rings is 2. The lowest BCUT2D eigenvalue weighted by Crippen LogP contribution is -2.29. The maximum atomic E-state index is 13.5. The van der Waals surface area contributed by atoms with Crippen LogP contribution >= 0.6 is 11.3 Å². The molecule has 0 radical (unpaired) electrons. The van der Waals surface area contributed by atoms with Gasteiger partial charge in [0.05, 0.1) is 24.1 Å². The molecule has 0 aliphatic rings. The van der Waals surface area contributed by atoms with Crippen molar-refractivity contribution in [2.75, 3.05) is 11.5 Å². The van der Waals surface area contributed by atoms with Gasteiger partial charge in [-0.05, 0) is 43.3 Å². The van der Waals surface area contributed by atoms with Crippen molar-refractivity contribution >= 4 is 43.6 Å². The fraction of sp³-hybridized carbons (Fsp3) is 0.130. The Kier molecular flexibility index (Phi) is 4.72. The highest BCUT2D eigenvalue weighted by molar-refractivity contribution is 7.22. The minimum Gasteiger partial charge on any atom is -0.492 e. The van der Waals surface area contributed by atoms with Crippen molar-refractivity contribution in [3.05, 3.63) is 78.4 Å². The van der Waals surface area contributed by atoms with E-state index in [1.54, 1.807) is 23.3 Å². The molecule has 0 aliphatic carbocycles. The number of thiazole rings is 1. The summed E-state index contributed by atoms with van der Waals surface area (Å²) in [6.07, 6.45) is 1.59. The molecule has 0 atom stereocenters. The first-order chi connectivity index (χ1) is 14.7. The van der Waals surface area contributed by atoms with E-state index in [4.69, 9.17) is 18.6 Å². The molecular weight excluding hydrogens is 400 g/mol. The molecule has 0 spiro atoms. The molecule has 2 aromatic carbocycles. The molecule has 1 amide bonds. The number of para-hydroxylation sites is 2. The van der Waals surface area contributed by atoms with Gasteiger partial charge in [-0.25, -0.2) is 4.98 Å². The Hall–Kier alpha value is -3.58. The highest BCUT2D eigenvalue weighted by Gasteiger charge is 2.26. The Labute approximate surface area is 176 Å². The molecule has 30 heavy (non-hydrogen) atoms. The molecule has 7 heteroatoms. The van der Waals surface area contributed by atoms with Crippen molar-refractivity contribution in [2.24, 2.45) is 0 Å². The Balaban J connectivity index is 1.59. The van der Waals surface area contributed by atoms with Gasteiger partial charge in [0.1, 0.15) is 22.6 Å². The standard InChI is InChI=1S/C23H18N2O4S/c1-2-27-18-10-5-11-20-21(18)24-23(30-20)25(14-16-8-6-12-28-16)22(26)19-13-15-7-3-4-9-17(15)29-19/h3-13H,2,14H2,1H3. The second kappa shape index (κ2) is 7.68. The van der Waals surface area contributed by atoms with Gasteiger partial charge in [0.15, 0.2) is 10.9 Å². The lowest BCUT2D eigenvalue weighted by atomic mass is 10.2. The molecule has 0 aliphatic heterocycles. The predicted octanol–water partition coefficient (Wildman–Crippen LogP) is 5.88. The van der Waals surface area contributed by atoms with Crippen LogP contribution in [0.15, 0.2) is 75.8 Å². The van der Waals surface area contributed by atoms with Crippen LogP contribution in [0.5, 0.6) is 5.75 Å². The van der Waals surface area contributed by atoms with E-state index in [2.05, 4.69) is 0 Å². The van der Waals surface area contributed by atoms with E-state index in [1.807, 2.05) is 55.5 Å². The van der Waals surface area contributed by atoms with E-state index < -0.39 is 0 Å². The maximum Gasteiger partial charge on any atom is 0.296 e. The summed E-state index contributed by atoms with van der Waals surface area (Å²) in [5.41, 5.74) is 1.41. The number of anilines is 1. The molecule has 3 aromatic heterocycles. The average molecular weight is 418 g/mol. The largest absolute Gasteiger partial charge is 0.492 e. The fourth-order valence-corrected chi connectivity index (χ4v) is 4.28. The molecule has 0 unspecified atom stereocenters. The Morgan fingerprint density at radius 2 is 2.03 bits per heavy atom. The van der Waals surface area contributed by atoms with Gasteiger partial charge in [-0.2, -0.15) is 0 Å². The third kappa shape index (κ3) is 3.33. The van der Waals surface area contributed by atoms with Crippen LogP contribution in [0.25, 0.3) is 21.2 Å². The van der Waals surface area contributed by atoms with E-state index in [9.17, 15) is 4.79 Å². The van der Waals surface area contributed by atoms with Crippen molar-refractivity contribution in [3.63, 3.8) is 0 Å². The molecule has 0 fully saturated rings. The summed E-state index contributed by atoms with van der Waals surface area (Å²) in [5, 5.41) is 1.43. The minimum absolute atomic E-state index is 0.243. The van der Waals surface area contributed by atoms with Crippen molar-refractivity contribution in [2.45, 2.75) is 13.5 Å². The van der Waals surface area contributed by atoms with Crippen LogP contribution in [0.4, 0.5) is 5.13 Å². The average Bonchev–Trinajstić information content (AvgIpc) is 3.50. The van der Waals surface area contributed by atoms with Gasteiger partial charge in [-0.3, -0.25) is 9.69 Å². The lowest BCUT2D eigenvalue weighted by Gasteiger charge is -2.17. The van der Waals surface area contributed by atoms with Gasteiger partial charge < -0.3 is 13.6 Å². The second-order valence-corrected chi connectivity index (χ2v) is 7.66. The normalized spacial score (nSPS) is 11.2. The van der Waals surface area contributed by atoms with Crippen LogP contribution < -0.4 is 9.64 Å². The summed E-state index contributed by atoms with van der Waals surface area (Å²) in [6.45, 7) is 2.72. The molecule has 0 bridgehead atoms. The summed E-state index contributed by atoms with van der Waals surface area (Å²) < 4.78 is 18.0. The molecule has 5 aromatic rings. The molecule has 3 heterocycles. The number of fused-ring (bicyclic) bond motifs is 2. The lowest BCUT2D eigenvalue weighted by molar-refractivity contribution is 0.0958. The van der Waals surface area contributed by atoms with E-state index in [0.717, 1.165) is 15.6 Å². The van der Waals surface area contributed by atoms with Gasteiger partial charge in [-0.15, -0.1) is 0 Å². The third-order valence-electron chi connectivity index (χ3n) is 4.68. The molecule has 0 saturated heterocycles. The Bertz CT molecular complexity index is 1290. The molecule has 5 rings (SSSR count). The van der Waals surface area contributed by atoms with E-state index >= 15 is 0 Å². The first-order valence-corrected chi connectivity index (χ1v) is 10.4. The van der Waals surface area contributed by atoms with Crippen LogP contribution in [-0.4, -0.2) is 17.5 Å². The quantitative estimate of drug-likeness (QED) is 0.344. The molecule has 0 N–H and O–H groups in total. The zero-order chi connectivity index (χ0) is 20.5. The molecule has 6 nitrogen and oxygen atoms in total. The molecular formula is C23H18N2O4S. The summed E-state index contributed by atoms with van der Waals surface area (Å²) in [5.74, 6) is 1.34. The summed E-state index contributed by atoms with van der Waals surface area (Å²) in [7, 11) is 0. The van der Waals surface area contributed by atoms with Crippen LogP contribution in [0.2, 0.25) is 0 Å². The van der Waals surface area contributed by atoms with E-state index in [1.165, 1.54) is 11.3 Å². The van der Waals surface area contributed by atoms with Crippen molar-refractivity contribution in [1.29, 1.82) is 0 Å². The maximum absolute atomic E-state index is 13.5. The van der Waals surface area contributed by atoms with Gasteiger partial charge in [0, 0.05) is 5.39 Å². The fourth-order valence-electron chi connectivity index (χ4n) is 3.30. The second-order valence-electron chi connectivity index (χ2n) is 6.65. The topological polar surface area (TPSA) is 68.7 Å². The minimum atomic E-state index is -0.278. The van der Waals surface area contributed by atoms with Crippen LogP contribution in [-0.2, 0) is 6.54 Å². The summed E-state index contributed by atoms with van der Waals surface area (Å²) in [6, 6.07) is 18.7. The van der Waals surface area contributed by atoms with Crippen LogP contribution in [0.1, 0.15) is 23.2 Å². The number of rotatable bonds is 6. The zero-order valence-electron chi connectivity index (χ0n) is 16.2. The zero-order valence-corrected chi connectivity index (χ0v) is 17.0.